The highest BCUT2D eigenvalue weighted by Gasteiger charge is 2.52. The molecule has 2 aromatic carbocycles. The summed E-state index contributed by atoms with van der Waals surface area (Å²) in [5.74, 6) is -1.89. The number of carbonyl (C=O) groups excluding carboxylic acids is 4. The lowest BCUT2D eigenvalue weighted by molar-refractivity contribution is -0.254. The molecule has 40 heavy (non-hydrogen) atoms. The molecule has 1 heterocycles. The molecule has 5 atom stereocenters. The predicted molar refractivity (Wildman–Crippen MR) is 143 cm³/mol. The lowest BCUT2D eigenvalue weighted by Gasteiger charge is -2.44. The largest absolute Gasteiger partial charge is 0.494 e. The van der Waals surface area contributed by atoms with E-state index in [1.54, 1.807) is 18.2 Å². The van der Waals surface area contributed by atoms with Gasteiger partial charge in [-0.05, 0) is 48.2 Å². The van der Waals surface area contributed by atoms with Gasteiger partial charge >= 0.3 is 23.9 Å². The molecule has 2 aromatic rings. The first kappa shape index (κ1) is 30.9. The Bertz CT molecular complexity index is 1210. The molecule has 3 rings (SSSR count). The van der Waals surface area contributed by atoms with Crippen LogP contribution in [0.5, 0.6) is 5.75 Å². The van der Waals surface area contributed by atoms with E-state index in [1.807, 2.05) is 31.2 Å². The van der Waals surface area contributed by atoms with Crippen molar-refractivity contribution in [3.05, 3.63) is 64.2 Å². The van der Waals surface area contributed by atoms with Crippen molar-refractivity contribution in [2.75, 3.05) is 13.2 Å². The van der Waals surface area contributed by atoms with Gasteiger partial charge in [-0.25, -0.2) is 0 Å². The van der Waals surface area contributed by atoms with Gasteiger partial charge in [-0.3, -0.25) is 19.2 Å². The number of carbonyl (C=O) groups is 4. The highest BCUT2D eigenvalue weighted by molar-refractivity contribution is 6.31. The van der Waals surface area contributed by atoms with E-state index in [0.29, 0.717) is 23.6 Å². The molecule has 1 saturated heterocycles. The smallest absolute Gasteiger partial charge is 0.303 e. The van der Waals surface area contributed by atoms with Crippen molar-refractivity contribution in [2.24, 2.45) is 0 Å². The molecule has 2 unspecified atom stereocenters. The summed E-state index contributed by atoms with van der Waals surface area (Å²) in [4.78, 5) is 47.8. The van der Waals surface area contributed by atoms with Crippen LogP contribution in [0.15, 0.2) is 42.5 Å². The number of ether oxygens (including phenoxy) is 6. The summed E-state index contributed by atoms with van der Waals surface area (Å²) in [5.41, 5.74) is 2.29. The lowest BCUT2D eigenvalue weighted by Crippen LogP contribution is -2.59. The third kappa shape index (κ3) is 8.43. The van der Waals surface area contributed by atoms with E-state index < -0.39 is 54.4 Å². The number of benzene rings is 2. The highest BCUT2D eigenvalue weighted by Crippen LogP contribution is 2.39. The SMILES string of the molecule is CCOc1ccc(Cc2cc([C@@H]3OC(COC(C)=O)C(OC(C)=O)[C@H](OC(C)=O)[C@H]3OC(C)=O)ccc2Cl)cc1. The third-order valence-corrected chi connectivity index (χ3v) is 6.39. The second kappa shape index (κ2) is 14.1. The number of rotatable bonds is 10. The fraction of sp³-hybridized carbons (Fsp3) is 0.448. The van der Waals surface area contributed by atoms with E-state index in [4.69, 9.17) is 40.0 Å². The van der Waals surface area contributed by atoms with Gasteiger partial charge < -0.3 is 28.4 Å². The average Bonchev–Trinajstić information content (AvgIpc) is 2.87. The van der Waals surface area contributed by atoms with E-state index in [1.165, 1.54) is 27.7 Å². The molecule has 0 N–H and O–H groups in total. The van der Waals surface area contributed by atoms with Crippen LogP contribution in [0.3, 0.4) is 0 Å². The molecular weight excluding hydrogens is 544 g/mol. The van der Waals surface area contributed by atoms with E-state index in [9.17, 15) is 19.2 Å². The molecule has 216 valence electrons. The predicted octanol–water partition coefficient (Wildman–Crippen LogP) is 4.13. The number of halogens is 1. The van der Waals surface area contributed by atoms with Crippen LogP contribution in [0, 0.1) is 0 Å². The fourth-order valence-electron chi connectivity index (χ4n) is 4.49. The van der Waals surface area contributed by atoms with Crippen LogP contribution in [0.4, 0.5) is 0 Å². The van der Waals surface area contributed by atoms with Crippen molar-refractivity contribution in [1.29, 1.82) is 0 Å². The second-order valence-electron chi connectivity index (χ2n) is 9.22. The standard InChI is InChI=1S/C29H33ClO10/c1-6-35-23-10-7-20(8-11-23)13-22-14-21(9-12-24(22)30)26-28(38-18(4)33)29(39-19(5)34)27(37-17(3)32)25(40-26)15-36-16(2)31/h7-12,14,25-29H,6,13,15H2,1-5H3/t25?,26-,27?,28-,29-/m0/s1. The van der Waals surface area contributed by atoms with E-state index in [2.05, 4.69) is 0 Å². The normalized spacial score (nSPS) is 22.1. The molecule has 1 fully saturated rings. The Morgan fingerprint density at radius 3 is 1.98 bits per heavy atom. The van der Waals surface area contributed by atoms with Crippen molar-refractivity contribution in [2.45, 2.75) is 71.6 Å². The van der Waals surface area contributed by atoms with Crippen molar-refractivity contribution in [3.8, 4) is 5.75 Å². The quantitative estimate of drug-likeness (QED) is 0.301. The molecule has 10 nitrogen and oxygen atoms in total. The van der Waals surface area contributed by atoms with E-state index in [0.717, 1.165) is 16.9 Å². The van der Waals surface area contributed by atoms with Gasteiger partial charge in [0.15, 0.2) is 18.3 Å². The monoisotopic (exact) mass is 576 g/mol. The van der Waals surface area contributed by atoms with E-state index >= 15 is 0 Å². The average molecular weight is 577 g/mol. The van der Waals surface area contributed by atoms with Gasteiger partial charge in [-0.2, -0.15) is 0 Å². The van der Waals surface area contributed by atoms with Crippen molar-refractivity contribution >= 4 is 35.5 Å². The van der Waals surface area contributed by atoms with Gasteiger partial charge in [0.25, 0.3) is 0 Å². The van der Waals surface area contributed by atoms with Crippen LogP contribution in [0.1, 0.15) is 57.4 Å². The van der Waals surface area contributed by atoms with Crippen LogP contribution in [0.2, 0.25) is 5.02 Å². The maximum absolute atomic E-state index is 12.2. The molecule has 0 saturated carbocycles. The van der Waals surface area contributed by atoms with Gasteiger partial charge in [-0.1, -0.05) is 35.9 Å². The molecule has 0 bridgehead atoms. The minimum atomic E-state index is -1.25. The second-order valence-corrected chi connectivity index (χ2v) is 9.63. The summed E-state index contributed by atoms with van der Waals surface area (Å²) in [6.45, 7) is 6.94. The molecule has 0 radical (unpaired) electrons. The molecule has 11 heteroatoms. The molecule has 1 aliphatic heterocycles. The summed E-state index contributed by atoms with van der Waals surface area (Å²) >= 11 is 6.54. The highest BCUT2D eigenvalue weighted by atomic mass is 35.5. The first-order valence-electron chi connectivity index (χ1n) is 12.8. The zero-order valence-electron chi connectivity index (χ0n) is 23.0. The van der Waals surface area contributed by atoms with Crippen LogP contribution in [-0.4, -0.2) is 61.5 Å². The summed E-state index contributed by atoms with van der Waals surface area (Å²) in [6, 6.07) is 12.8. The maximum atomic E-state index is 12.2. The minimum absolute atomic E-state index is 0.305. The topological polar surface area (TPSA) is 124 Å². The van der Waals surface area contributed by atoms with Crippen LogP contribution in [-0.2, 0) is 49.3 Å². The van der Waals surface area contributed by atoms with Gasteiger partial charge in [-0.15, -0.1) is 0 Å². The molecule has 0 spiro atoms. The summed E-state index contributed by atoms with van der Waals surface area (Å²) in [6.07, 6.45) is -5.23. The Hall–Kier alpha value is -3.63. The number of hydrogen-bond donors (Lipinski definition) is 0. The Kier molecular flexibility index (Phi) is 10.9. The first-order chi connectivity index (χ1) is 19.0. The molecular formula is C29H33ClO10. The molecule has 0 aliphatic carbocycles. The summed E-state index contributed by atoms with van der Waals surface area (Å²) in [5, 5.41) is 0.503. The Balaban J connectivity index is 2.03. The maximum Gasteiger partial charge on any atom is 0.303 e. The van der Waals surface area contributed by atoms with Gasteiger partial charge in [0.05, 0.1) is 6.61 Å². The summed E-state index contributed by atoms with van der Waals surface area (Å²) < 4.78 is 33.5. The fourth-order valence-corrected chi connectivity index (χ4v) is 4.68. The van der Waals surface area contributed by atoms with Crippen molar-refractivity contribution < 1.29 is 47.6 Å². The van der Waals surface area contributed by atoms with Crippen LogP contribution in [0.25, 0.3) is 0 Å². The van der Waals surface area contributed by atoms with Crippen molar-refractivity contribution in [1.82, 2.24) is 0 Å². The van der Waals surface area contributed by atoms with Gasteiger partial charge in [0.2, 0.25) is 0 Å². The molecule has 1 aliphatic rings. The molecule has 0 amide bonds. The Labute approximate surface area is 237 Å². The Morgan fingerprint density at radius 1 is 0.800 bits per heavy atom. The Morgan fingerprint density at radius 2 is 1.40 bits per heavy atom. The third-order valence-electron chi connectivity index (χ3n) is 6.02. The molecule has 0 aromatic heterocycles. The van der Waals surface area contributed by atoms with E-state index in [-0.39, 0.29) is 6.61 Å². The number of esters is 4. The summed E-state index contributed by atoms with van der Waals surface area (Å²) in [7, 11) is 0. The zero-order chi connectivity index (χ0) is 29.4. The van der Waals surface area contributed by atoms with Gasteiger partial charge in [0.1, 0.15) is 24.6 Å². The number of hydrogen-bond acceptors (Lipinski definition) is 10. The zero-order valence-corrected chi connectivity index (χ0v) is 23.8. The van der Waals surface area contributed by atoms with Gasteiger partial charge in [0, 0.05) is 32.7 Å². The van der Waals surface area contributed by atoms with Crippen molar-refractivity contribution in [3.63, 3.8) is 0 Å². The van der Waals surface area contributed by atoms with Crippen LogP contribution < -0.4 is 4.74 Å². The van der Waals surface area contributed by atoms with Crippen LogP contribution >= 0.6 is 11.6 Å². The minimum Gasteiger partial charge on any atom is -0.494 e. The lowest BCUT2D eigenvalue weighted by atomic mass is 9.89. The first-order valence-corrected chi connectivity index (χ1v) is 13.2.